The van der Waals surface area contributed by atoms with Gasteiger partial charge in [-0.3, -0.25) is 19.5 Å². The first-order valence-corrected chi connectivity index (χ1v) is 10.5. The molecular weight excluding hydrogens is 396 g/mol. The molecule has 3 aromatic rings. The van der Waals surface area contributed by atoms with Gasteiger partial charge in [0.1, 0.15) is 5.71 Å². The van der Waals surface area contributed by atoms with E-state index < -0.39 is 0 Å². The molecule has 1 atom stereocenters. The number of nitrogens with one attached hydrogen (secondary N) is 2. The number of hydrogen-bond donors (Lipinski definition) is 2. The third kappa shape index (κ3) is 3.66. The number of benzene rings is 2. The van der Waals surface area contributed by atoms with E-state index in [-0.39, 0.29) is 11.9 Å². The fraction of sp³-hybridized carbons (Fsp3) is 0.273. The van der Waals surface area contributed by atoms with Crippen LogP contribution >= 0.6 is 12.2 Å². The molecule has 2 N–H and O–H groups in total. The Balaban J connectivity index is 1.36. The molecule has 2 heterocycles. The summed E-state index contributed by atoms with van der Waals surface area (Å²) in [7, 11) is 0. The van der Waals surface area contributed by atoms with Gasteiger partial charge in [-0.15, -0.1) is 0 Å². The quantitative estimate of drug-likeness (QED) is 0.595. The summed E-state index contributed by atoms with van der Waals surface area (Å²) in [5.41, 5.74) is 2.60. The van der Waals surface area contributed by atoms with Crippen molar-refractivity contribution >= 4 is 29.5 Å². The SMILES string of the molecule is O=C(NCc1n[nH]c(=S)n1C1CC1)C1=NN(c2ccccc2)C(c2ccccc2)C1. The average Bonchev–Trinajstić information content (AvgIpc) is 3.40. The zero-order chi connectivity index (χ0) is 20.5. The maximum Gasteiger partial charge on any atom is 0.267 e. The van der Waals surface area contributed by atoms with Gasteiger partial charge < -0.3 is 5.32 Å². The van der Waals surface area contributed by atoms with Gasteiger partial charge in [0.2, 0.25) is 0 Å². The number of para-hydroxylation sites is 1. The number of carbonyl (C=O) groups excluding carboxylic acids is 1. The molecule has 0 spiro atoms. The van der Waals surface area contributed by atoms with Gasteiger partial charge >= 0.3 is 0 Å². The summed E-state index contributed by atoms with van der Waals surface area (Å²) in [6.07, 6.45) is 2.75. The highest BCUT2D eigenvalue weighted by Crippen LogP contribution is 2.36. The van der Waals surface area contributed by atoms with Crippen molar-refractivity contribution in [3.05, 3.63) is 76.8 Å². The van der Waals surface area contributed by atoms with E-state index in [1.165, 1.54) is 0 Å². The van der Waals surface area contributed by atoms with Gasteiger partial charge in [-0.1, -0.05) is 48.5 Å². The number of hydrazone groups is 1. The van der Waals surface area contributed by atoms with Gasteiger partial charge in [-0.25, -0.2) is 0 Å². The van der Waals surface area contributed by atoms with Crippen LogP contribution in [0.25, 0.3) is 0 Å². The normalized spacial score (nSPS) is 18.3. The molecule has 1 aromatic heterocycles. The van der Waals surface area contributed by atoms with Crippen molar-refractivity contribution in [2.75, 3.05) is 5.01 Å². The molecule has 1 saturated carbocycles. The van der Waals surface area contributed by atoms with Gasteiger partial charge in [0, 0.05) is 12.5 Å². The Morgan fingerprint density at radius 1 is 1.10 bits per heavy atom. The standard InChI is InChI=1S/C22H22N6OS/c29-21(23-14-20-24-25-22(30)27(20)16-11-12-16)18-13-19(15-7-3-1-4-8-15)28(26-18)17-9-5-2-6-10-17/h1-10,16,19H,11-14H2,(H,23,29)(H,25,30). The van der Waals surface area contributed by atoms with Crippen molar-refractivity contribution in [1.82, 2.24) is 20.1 Å². The predicted molar refractivity (Wildman–Crippen MR) is 118 cm³/mol. The Morgan fingerprint density at radius 3 is 2.50 bits per heavy atom. The van der Waals surface area contributed by atoms with Crippen LogP contribution in [-0.2, 0) is 11.3 Å². The molecule has 7 nitrogen and oxygen atoms in total. The summed E-state index contributed by atoms with van der Waals surface area (Å²) < 4.78 is 2.62. The largest absolute Gasteiger partial charge is 0.344 e. The second-order valence-corrected chi connectivity index (χ2v) is 7.97. The molecule has 1 fully saturated rings. The fourth-order valence-corrected chi connectivity index (χ4v) is 4.13. The highest BCUT2D eigenvalue weighted by Gasteiger charge is 2.33. The number of H-pyrrole nitrogens is 1. The molecule has 2 aromatic carbocycles. The second kappa shape index (κ2) is 7.87. The fourth-order valence-electron chi connectivity index (χ4n) is 3.83. The number of carbonyl (C=O) groups is 1. The monoisotopic (exact) mass is 418 g/mol. The van der Waals surface area contributed by atoms with Crippen molar-refractivity contribution in [2.45, 2.75) is 37.9 Å². The van der Waals surface area contributed by atoms with Gasteiger partial charge in [0.05, 0.1) is 18.3 Å². The second-order valence-electron chi connectivity index (χ2n) is 7.59. The van der Waals surface area contributed by atoms with Crippen LogP contribution in [0, 0.1) is 4.77 Å². The van der Waals surface area contributed by atoms with Crippen LogP contribution in [-0.4, -0.2) is 26.4 Å². The maximum absolute atomic E-state index is 12.9. The van der Waals surface area contributed by atoms with Crippen molar-refractivity contribution in [3.63, 3.8) is 0 Å². The maximum atomic E-state index is 12.9. The van der Waals surface area contributed by atoms with Crippen LogP contribution in [0.2, 0.25) is 0 Å². The summed E-state index contributed by atoms with van der Waals surface area (Å²) in [4.78, 5) is 12.9. The molecule has 0 saturated heterocycles. The van der Waals surface area contributed by atoms with E-state index >= 15 is 0 Å². The van der Waals surface area contributed by atoms with Crippen LogP contribution < -0.4 is 10.3 Å². The van der Waals surface area contributed by atoms with Crippen molar-refractivity contribution in [3.8, 4) is 0 Å². The molecule has 1 unspecified atom stereocenters. The highest BCUT2D eigenvalue weighted by molar-refractivity contribution is 7.71. The first kappa shape index (κ1) is 18.7. The van der Waals surface area contributed by atoms with E-state index in [1.807, 2.05) is 58.1 Å². The Kier molecular flexibility index (Phi) is 4.92. The molecule has 2 aliphatic rings. The summed E-state index contributed by atoms with van der Waals surface area (Å²) in [6.45, 7) is 0.322. The molecule has 1 aliphatic carbocycles. The molecule has 152 valence electrons. The van der Waals surface area contributed by atoms with E-state index in [2.05, 4.69) is 32.7 Å². The first-order chi connectivity index (χ1) is 14.7. The molecule has 1 amide bonds. The average molecular weight is 419 g/mol. The lowest BCUT2D eigenvalue weighted by Gasteiger charge is -2.23. The minimum atomic E-state index is -0.175. The summed E-state index contributed by atoms with van der Waals surface area (Å²) in [5, 5.41) is 16.7. The van der Waals surface area contributed by atoms with Gasteiger partial charge in [0.25, 0.3) is 5.91 Å². The number of anilines is 1. The Hall–Kier alpha value is -3.26. The molecule has 8 heteroatoms. The topological polar surface area (TPSA) is 78.3 Å². The van der Waals surface area contributed by atoms with Gasteiger partial charge in [-0.05, 0) is 42.8 Å². The summed E-state index contributed by atoms with van der Waals surface area (Å²) in [6, 6.07) is 20.5. The Bertz CT molecular complexity index is 1130. The van der Waals surface area contributed by atoms with Crippen molar-refractivity contribution in [2.24, 2.45) is 5.10 Å². The summed E-state index contributed by atoms with van der Waals surface area (Å²) >= 11 is 5.32. The van der Waals surface area contributed by atoms with Crippen LogP contribution in [0.5, 0.6) is 0 Å². The first-order valence-electron chi connectivity index (χ1n) is 10.1. The zero-order valence-electron chi connectivity index (χ0n) is 16.4. The number of hydrogen-bond acceptors (Lipinski definition) is 5. The molecule has 5 rings (SSSR count). The van der Waals surface area contributed by atoms with E-state index in [0.717, 1.165) is 29.9 Å². The molecular formula is C22H22N6OS. The van der Waals surface area contributed by atoms with Crippen molar-refractivity contribution < 1.29 is 4.79 Å². The van der Waals surface area contributed by atoms with Crippen LogP contribution in [0.15, 0.2) is 65.8 Å². The van der Waals surface area contributed by atoms with E-state index in [4.69, 9.17) is 12.2 Å². The molecule has 0 radical (unpaired) electrons. The van der Waals surface area contributed by atoms with E-state index in [9.17, 15) is 4.79 Å². The molecule has 30 heavy (non-hydrogen) atoms. The van der Waals surface area contributed by atoms with Crippen LogP contribution in [0.1, 0.15) is 42.7 Å². The number of amides is 1. The van der Waals surface area contributed by atoms with E-state index in [1.54, 1.807) is 0 Å². The molecule has 1 aliphatic heterocycles. The highest BCUT2D eigenvalue weighted by atomic mass is 32.1. The zero-order valence-corrected chi connectivity index (χ0v) is 17.2. The van der Waals surface area contributed by atoms with Crippen LogP contribution in [0.4, 0.5) is 5.69 Å². The number of nitrogens with zero attached hydrogens (tertiary/aromatic N) is 4. The number of rotatable bonds is 6. The van der Waals surface area contributed by atoms with Crippen molar-refractivity contribution in [1.29, 1.82) is 0 Å². The van der Waals surface area contributed by atoms with Gasteiger partial charge in [0.15, 0.2) is 10.6 Å². The summed E-state index contributed by atoms with van der Waals surface area (Å²) in [5.74, 6) is 0.583. The smallest absolute Gasteiger partial charge is 0.267 e. The van der Waals surface area contributed by atoms with Crippen LogP contribution in [0.3, 0.4) is 0 Å². The lowest BCUT2D eigenvalue weighted by Crippen LogP contribution is -2.31. The Morgan fingerprint density at radius 2 is 1.80 bits per heavy atom. The minimum absolute atomic E-state index is 0.0182. The lowest BCUT2D eigenvalue weighted by molar-refractivity contribution is -0.115. The number of aromatic nitrogens is 3. The van der Waals surface area contributed by atoms with E-state index in [0.29, 0.717) is 29.5 Å². The third-order valence-electron chi connectivity index (χ3n) is 5.47. The lowest BCUT2D eigenvalue weighted by atomic mass is 10.0. The minimum Gasteiger partial charge on any atom is -0.344 e. The predicted octanol–water partition coefficient (Wildman–Crippen LogP) is 3.90. The Labute approximate surface area is 179 Å². The van der Waals surface area contributed by atoms with Gasteiger partial charge in [-0.2, -0.15) is 10.2 Å². The third-order valence-corrected chi connectivity index (χ3v) is 5.76. The number of aromatic amines is 1. The molecule has 0 bridgehead atoms.